The maximum atomic E-state index is 12.6. The minimum Gasteiger partial charge on any atom is -0.360 e. The van der Waals surface area contributed by atoms with E-state index >= 15 is 0 Å². The summed E-state index contributed by atoms with van der Waals surface area (Å²) >= 11 is 0. The fourth-order valence-corrected chi connectivity index (χ4v) is 2.80. The number of nitrogens with zero attached hydrogens (tertiary/aromatic N) is 5. The van der Waals surface area contributed by atoms with Crippen molar-refractivity contribution in [3.63, 3.8) is 0 Å². The van der Waals surface area contributed by atoms with Crippen molar-refractivity contribution in [3.05, 3.63) is 72.0 Å². The lowest BCUT2D eigenvalue weighted by Crippen LogP contribution is -2.43. The zero-order chi connectivity index (χ0) is 20.9. The quantitative estimate of drug-likeness (QED) is 0.486. The lowest BCUT2D eigenvalue weighted by Gasteiger charge is -2.07. The molecule has 0 spiro atoms. The largest absolute Gasteiger partial charge is 0.360 e. The third kappa shape index (κ3) is 4.07. The van der Waals surface area contributed by atoms with Crippen LogP contribution in [0.5, 0.6) is 0 Å². The Labute approximate surface area is 170 Å². The van der Waals surface area contributed by atoms with Gasteiger partial charge in [-0.3, -0.25) is 20.4 Å². The van der Waals surface area contributed by atoms with Gasteiger partial charge in [0.1, 0.15) is 23.6 Å². The van der Waals surface area contributed by atoms with E-state index in [2.05, 4.69) is 31.4 Å². The molecular formula is C20H17N7O3. The topological polar surface area (TPSA) is 128 Å². The van der Waals surface area contributed by atoms with E-state index in [9.17, 15) is 9.59 Å². The molecule has 2 aromatic heterocycles. The summed E-state index contributed by atoms with van der Waals surface area (Å²) in [7, 11) is 0. The van der Waals surface area contributed by atoms with Gasteiger partial charge in [0.15, 0.2) is 0 Å². The first-order valence-electron chi connectivity index (χ1n) is 9.06. The number of rotatable bonds is 5. The van der Waals surface area contributed by atoms with Gasteiger partial charge >= 0.3 is 0 Å². The number of aromatic nitrogens is 5. The Morgan fingerprint density at radius 3 is 2.33 bits per heavy atom. The van der Waals surface area contributed by atoms with Gasteiger partial charge in [0.2, 0.25) is 5.82 Å². The number of aryl methyl sites for hydroxylation is 1. The lowest BCUT2D eigenvalue weighted by atomic mass is 10.1. The first-order chi connectivity index (χ1) is 14.6. The van der Waals surface area contributed by atoms with Gasteiger partial charge in [0.25, 0.3) is 11.8 Å². The molecule has 150 valence electrons. The first kappa shape index (κ1) is 19.0. The third-order valence-corrected chi connectivity index (χ3v) is 4.22. The Bertz CT molecular complexity index is 1170. The first-order valence-corrected chi connectivity index (χ1v) is 9.06. The van der Waals surface area contributed by atoms with Gasteiger partial charge in [-0.25, -0.2) is 0 Å². The zero-order valence-electron chi connectivity index (χ0n) is 15.9. The van der Waals surface area contributed by atoms with Crippen LogP contribution in [0.25, 0.3) is 22.6 Å². The van der Waals surface area contributed by atoms with E-state index in [0.29, 0.717) is 17.3 Å². The second-order valence-corrected chi connectivity index (χ2v) is 6.34. The Morgan fingerprint density at radius 2 is 1.63 bits per heavy atom. The van der Waals surface area contributed by atoms with E-state index in [1.807, 2.05) is 60.7 Å². The minimum absolute atomic E-state index is 0.214. The predicted molar refractivity (Wildman–Crippen MR) is 106 cm³/mol. The van der Waals surface area contributed by atoms with Crippen LogP contribution < -0.4 is 10.9 Å². The SMILES string of the molecule is Cc1onc(-c2ccccc2)c1C(=O)NNC(=O)Cn1nnc(-c2ccccc2)n1. The summed E-state index contributed by atoms with van der Waals surface area (Å²) in [6.45, 7) is 1.41. The van der Waals surface area contributed by atoms with E-state index in [-0.39, 0.29) is 12.1 Å². The van der Waals surface area contributed by atoms with Gasteiger partial charge in [0, 0.05) is 11.1 Å². The molecule has 2 N–H and O–H groups in total. The molecule has 0 unspecified atom stereocenters. The average molecular weight is 403 g/mol. The molecule has 0 aliphatic rings. The maximum absolute atomic E-state index is 12.6. The van der Waals surface area contributed by atoms with Crippen molar-refractivity contribution in [2.75, 3.05) is 0 Å². The van der Waals surface area contributed by atoms with Crippen molar-refractivity contribution >= 4 is 11.8 Å². The number of carbonyl (C=O) groups is 2. The van der Waals surface area contributed by atoms with Crippen LogP contribution >= 0.6 is 0 Å². The van der Waals surface area contributed by atoms with Crippen molar-refractivity contribution in [2.24, 2.45) is 0 Å². The van der Waals surface area contributed by atoms with Gasteiger partial charge in [0.05, 0.1) is 0 Å². The molecular weight excluding hydrogens is 386 g/mol. The molecule has 0 radical (unpaired) electrons. The fourth-order valence-electron chi connectivity index (χ4n) is 2.80. The van der Waals surface area contributed by atoms with Crippen LogP contribution in [0.3, 0.4) is 0 Å². The summed E-state index contributed by atoms with van der Waals surface area (Å²) in [5.74, 6) is -0.320. The summed E-state index contributed by atoms with van der Waals surface area (Å²) in [6.07, 6.45) is 0. The molecule has 2 aromatic carbocycles. The molecule has 2 heterocycles. The highest BCUT2D eigenvalue weighted by Gasteiger charge is 2.22. The smallest absolute Gasteiger partial charge is 0.275 e. The number of tetrazole rings is 1. The highest BCUT2D eigenvalue weighted by Crippen LogP contribution is 2.24. The van der Waals surface area contributed by atoms with E-state index < -0.39 is 11.8 Å². The van der Waals surface area contributed by atoms with Gasteiger partial charge in [-0.15, -0.1) is 10.2 Å². The fraction of sp³-hybridized carbons (Fsp3) is 0.100. The standard InChI is InChI=1S/C20H17N7O3/c1-13-17(18(25-30-13)14-8-4-2-5-9-14)20(29)23-21-16(28)12-27-24-19(22-26-27)15-10-6-3-7-11-15/h2-11H,12H2,1H3,(H,21,28)(H,23,29). The van der Waals surface area contributed by atoms with Crippen LogP contribution in [0.4, 0.5) is 0 Å². The Morgan fingerprint density at radius 1 is 0.967 bits per heavy atom. The second-order valence-electron chi connectivity index (χ2n) is 6.34. The molecule has 10 heteroatoms. The van der Waals surface area contributed by atoms with Crippen molar-refractivity contribution in [1.82, 2.24) is 36.2 Å². The highest BCUT2D eigenvalue weighted by molar-refractivity contribution is 6.01. The van der Waals surface area contributed by atoms with Crippen LogP contribution in [0.1, 0.15) is 16.1 Å². The maximum Gasteiger partial charge on any atom is 0.275 e. The molecule has 4 rings (SSSR count). The van der Waals surface area contributed by atoms with Crippen LogP contribution in [0.2, 0.25) is 0 Å². The Hall–Kier alpha value is -4.34. The van der Waals surface area contributed by atoms with E-state index in [0.717, 1.165) is 15.9 Å². The number of hydrogen-bond acceptors (Lipinski definition) is 7. The van der Waals surface area contributed by atoms with Crippen molar-refractivity contribution in [2.45, 2.75) is 13.5 Å². The van der Waals surface area contributed by atoms with Gasteiger partial charge in [-0.05, 0) is 12.1 Å². The molecule has 4 aromatic rings. The summed E-state index contributed by atoms with van der Waals surface area (Å²) in [5, 5.41) is 15.9. The summed E-state index contributed by atoms with van der Waals surface area (Å²) < 4.78 is 5.16. The average Bonchev–Trinajstić information content (AvgIpc) is 3.40. The molecule has 0 saturated carbocycles. The number of carbonyl (C=O) groups excluding carboxylic acids is 2. The van der Waals surface area contributed by atoms with Gasteiger partial charge < -0.3 is 4.52 Å². The number of benzene rings is 2. The Kier molecular flexibility index (Phi) is 5.29. The molecule has 10 nitrogen and oxygen atoms in total. The predicted octanol–water partition coefficient (Wildman–Crippen LogP) is 1.76. The normalized spacial score (nSPS) is 10.6. The van der Waals surface area contributed by atoms with Crippen LogP contribution in [0.15, 0.2) is 65.2 Å². The Balaban J connectivity index is 1.39. The van der Waals surface area contributed by atoms with E-state index in [1.165, 1.54) is 0 Å². The minimum atomic E-state index is -0.544. The summed E-state index contributed by atoms with van der Waals surface area (Å²) in [5.41, 5.74) is 6.85. The summed E-state index contributed by atoms with van der Waals surface area (Å²) in [6, 6.07) is 18.4. The molecule has 0 fully saturated rings. The monoisotopic (exact) mass is 403 g/mol. The number of hydrogen-bond donors (Lipinski definition) is 2. The van der Waals surface area contributed by atoms with Gasteiger partial charge in [-0.2, -0.15) is 4.80 Å². The number of nitrogens with one attached hydrogen (secondary N) is 2. The van der Waals surface area contributed by atoms with E-state index in [4.69, 9.17) is 4.52 Å². The van der Waals surface area contributed by atoms with Gasteiger partial charge in [-0.1, -0.05) is 65.8 Å². The summed E-state index contributed by atoms with van der Waals surface area (Å²) in [4.78, 5) is 25.9. The molecule has 2 amide bonds. The van der Waals surface area contributed by atoms with E-state index in [1.54, 1.807) is 6.92 Å². The number of amides is 2. The molecule has 0 atom stereocenters. The van der Waals surface area contributed by atoms with Crippen LogP contribution in [-0.4, -0.2) is 37.2 Å². The molecule has 0 aliphatic heterocycles. The third-order valence-electron chi connectivity index (χ3n) is 4.22. The highest BCUT2D eigenvalue weighted by atomic mass is 16.5. The molecule has 0 saturated heterocycles. The van der Waals surface area contributed by atoms with Crippen LogP contribution in [0, 0.1) is 6.92 Å². The lowest BCUT2D eigenvalue weighted by molar-refractivity contribution is -0.122. The number of hydrazine groups is 1. The van der Waals surface area contributed by atoms with Crippen molar-refractivity contribution < 1.29 is 14.1 Å². The molecule has 30 heavy (non-hydrogen) atoms. The second kappa shape index (κ2) is 8.35. The van der Waals surface area contributed by atoms with Crippen molar-refractivity contribution in [3.8, 4) is 22.6 Å². The van der Waals surface area contributed by atoms with Crippen molar-refractivity contribution in [1.29, 1.82) is 0 Å². The molecule has 0 bridgehead atoms. The molecule has 0 aliphatic carbocycles. The van der Waals surface area contributed by atoms with Crippen LogP contribution in [-0.2, 0) is 11.3 Å². The zero-order valence-corrected chi connectivity index (χ0v) is 15.9.